The minimum atomic E-state index is -0.0840. The Labute approximate surface area is 152 Å². The predicted molar refractivity (Wildman–Crippen MR) is 98.0 cm³/mol. The summed E-state index contributed by atoms with van der Waals surface area (Å²) in [4.78, 5) is 0. The van der Waals surface area contributed by atoms with Gasteiger partial charge in [0.1, 0.15) is 12.1 Å². The molecule has 4 nitrogen and oxygen atoms in total. The van der Waals surface area contributed by atoms with Crippen LogP contribution >= 0.6 is 0 Å². The summed E-state index contributed by atoms with van der Waals surface area (Å²) in [5.74, 6) is -0.0840. The van der Waals surface area contributed by atoms with E-state index < -0.39 is 0 Å². The first-order valence-electron chi connectivity index (χ1n) is 8.21. The van der Waals surface area contributed by atoms with E-state index >= 15 is 0 Å². The van der Waals surface area contributed by atoms with Gasteiger partial charge in [-0.1, -0.05) is 30.3 Å². The third kappa shape index (κ3) is 3.20. The maximum atomic E-state index is 9.63. The summed E-state index contributed by atoms with van der Waals surface area (Å²) in [6.45, 7) is 0. The first-order chi connectivity index (χ1) is 12.7. The predicted octanol–water partition coefficient (Wildman–Crippen LogP) is 4.01. The SMILES string of the molecule is Cn1cccc1CC(c1ccccc1)c1cc(C#N)c(C#N)cc1C#N. The van der Waals surface area contributed by atoms with Gasteiger partial charge in [-0.15, -0.1) is 0 Å². The van der Waals surface area contributed by atoms with E-state index in [1.165, 1.54) is 6.07 Å². The van der Waals surface area contributed by atoms with Gasteiger partial charge in [0, 0.05) is 24.9 Å². The van der Waals surface area contributed by atoms with Gasteiger partial charge in [0.25, 0.3) is 0 Å². The number of rotatable bonds is 4. The van der Waals surface area contributed by atoms with Crippen molar-refractivity contribution >= 4 is 0 Å². The van der Waals surface area contributed by atoms with Crippen molar-refractivity contribution in [2.45, 2.75) is 12.3 Å². The largest absolute Gasteiger partial charge is 0.354 e. The molecule has 1 atom stereocenters. The molecule has 1 heterocycles. The maximum absolute atomic E-state index is 9.63. The second-order valence-electron chi connectivity index (χ2n) is 6.10. The molecule has 0 amide bonds. The molecule has 0 N–H and O–H groups in total. The number of nitrogens with zero attached hydrogens (tertiary/aromatic N) is 4. The van der Waals surface area contributed by atoms with Crippen LogP contribution in [0.5, 0.6) is 0 Å². The molecule has 0 bridgehead atoms. The molecule has 0 saturated carbocycles. The van der Waals surface area contributed by atoms with Crippen LogP contribution in [0.2, 0.25) is 0 Å². The van der Waals surface area contributed by atoms with Gasteiger partial charge >= 0.3 is 0 Å². The molecule has 1 unspecified atom stereocenters. The summed E-state index contributed by atoms with van der Waals surface area (Å²) in [5, 5.41) is 28.3. The Bertz CT molecular complexity index is 1060. The molecule has 2 aromatic carbocycles. The molecule has 0 aliphatic heterocycles. The molecule has 124 valence electrons. The van der Waals surface area contributed by atoms with Crippen LogP contribution in [0.4, 0.5) is 0 Å². The van der Waals surface area contributed by atoms with Crippen LogP contribution < -0.4 is 0 Å². The van der Waals surface area contributed by atoms with E-state index in [0.717, 1.165) is 16.8 Å². The van der Waals surface area contributed by atoms with E-state index in [2.05, 4.69) is 22.8 Å². The van der Waals surface area contributed by atoms with Gasteiger partial charge < -0.3 is 4.57 Å². The van der Waals surface area contributed by atoms with E-state index in [4.69, 9.17) is 0 Å². The van der Waals surface area contributed by atoms with Crippen LogP contribution in [-0.4, -0.2) is 4.57 Å². The fourth-order valence-electron chi connectivity index (χ4n) is 3.20. The first-order valence-corrected chi connectivity index (χ1v) is 8.21. The number of nitriles is 3. The van der Waals surface area contributed by atoms with Gasteiger partial charge in [-0.05, 0) is 41.8 Å². The normalized spacial score (nSPS) is 11.2. The van der Waals surface area contributed by atoms with Crippen LogP contribution in [0.1, 0.15) is 39.4 Å². The molecule has 4 heteroatoms. The highest BCUT2D eigenvalue weighted by Crippen LogP contribution is 2.32. The molecule has 0 aliphatic carbocycles. The van der Waals surface area contributed by atoms with Crippen molar-refractivity contribution in [3.63, 3.8) is 0 Å². The van der Waals surface area contributed by atoms with Crippen molar-refractivity contribution in [2.24, 2.45) is 7.05 Å². The zero-order valence-electron chi connectivity index (χ0n) is 14.3. The summed E-state index contributed by atoms with van der Waals surface area (Å²) in [6, 6.07) is 23.5. The summed E-state index contributed by atoms with van der Waals surface area (Å²) < 4.78 is 2.05. The van der Waals surface area contributed by atoms with Gasteiger partial charge in [0.15, 0.2) is 0 Å². The fourth-order valence-corrected chi connectivity index (χ4v) is 3.20. The van der Waals surface area contributed by atoms with Crippen molar-refractivity contribution in [1.29, 1.82) is 15.8 Å². The molecule has 0 aliphatic rings. The summed E-state index contributed by atoms with van der Waals surface area (Å²) in [5.41, 5.74) is 3.94. The van der Waals surface area contributed by atoms with E-state index in [0.29, 0.717) is 17.5 Å². The third-order valence-electron chi connectivity index (χ3n) is 4.59. The second kappa shape index (κ2) is 7.39. The molecule has 1 aromatic heterocycles. The van der Waals surface area contributed by atoms with Gasteiger partial charge in [0.2, 0.25) is 0 Å². The smallest absolute Gasteiger partial charge is 0.101 e. The van der Waals surface area contributed by atoms with Crippen LogP contribution in [0.15, 0.2) is 60.8 Å². The second-order valence-corrected chi connectivity index (χ2v) is 6.10. The van der Waals surface area contributed by atoms with Crippen LogP contribution in [-0.2, 0) is 13.5 Å². The van der Waals surface area contributed by atoms with Crippen LogP contribution in [0, 0.1) is 34.0 Å². The van der Waals surface area contributed by atoms with Crippen LogP contribution in [0.25, 0.3) is 0 Å². The molecular weight excluding hydrogens is 320 g/mol. The molecule has 3 aromatic rings. The molecule has 3 rings (SSSR count). The van der Waals surface area contributed by atoms with Crippen molar-refractivity contribution in [3.05, 3.63) is 94.3 Å². The maximum Gasteiger partial charge on any atom is 0.101 e. The highest BCUT2D eigenvalue weighted by atomic mass is 14.9. The zero-order valence-corrected chi connectivity index (χ0v) is 14.3. The number of benzene rings is 2. The average molecular weight is 336 g/mol. The van der Waals surface area contributed by atoms with E-state index in [9.17, 15) is 15.8 Å². The lowest BCUT2D eigenvalue weighted by Crippen LogP contribution is -2.10. The third-order valence-corrected chi connectivity index (χ3v) is 4.59. The molecule has 0 radical (unpaired) electrons. The van der Waals surface area contributed by atoms with E-state index in [-0.39, 0.29) is 11.5 Å². The first kappa shape index (κ1) is 17.0. The Hall–Kier alpha value is -3.81. The van der Waals surface area contributed by atoms with Crippen molar-refractivity contribution in [1.82, 2.24) is 4.57 Å². The summed E-state index contributed by atoms with van der Waals surface area (Å²) >= 11 is 0. The molecule has 0 saturated heterocycles. The standard InChI is InChI=1S/C22H16N4/c1-26-9-5-8-20(26)12-22(16-6-3-2-4-7-16)21-11-18(14-24)17(13-23)10-19(21)15-25/h2-11,22H,12H2,1H3. The quantitative estimate of drug-likeness (QED) is 0.722. The number of aromatic nitrogens is 1. The lowest BCUT2D eigenvalue weighted by Gasteiger charge is -2.20. The lowest BCUT2D eigenvalue weighted by molar-refractivity contribution is 0.731. The zero-order chi connectivity index (χ0) is 18.5. The number of hydrogen-bond donors (Lipinski definition) is 0. The van der Waals surface area contributed by atoms with Gasteiger partial charge in [-0.25, -0.2) is 0 Å². The van der Waals surface area contributed by atoms with Gasteiger partial charge in [-0.3, -0.25) is 0 Å². The average Bonchev–Trinajstić information content (AvgIpc) is 3.10. The van der Waals surface area contributed by atoms with Crippen molar-refractivity contribution in [3.8, 4) is 18.2 Å². The highest BCUT2D eigenvalue weighted by molar-refractivity contribution is 5.56. The summed E-state index contributed by atoms with van der Waals surface area (Å²) in [7, 11) is 1.99. The Morgan fingerprint density at radius 2 is 1.50 bits per heavy atom. The van der Waals surface area contributed by atoms with Gasteiger partial charge in [0.05, 0.1) is 22.8 Å². The molecule has 0 fully saturated rings. The highest BCUT2D eigenvalue weighted by Gasteiger charge is 2.21. The minimum Gasteiger partial charge on any atom is -0.354 e. The minimum absolute atomic E-state index is 0.0840. The Morgan fingerprint density at radius 3 is 2.08 bits per heavy atom. The molecule has 0 spiro atoms. The van der Waals surface area contributed by atoms with E-state index in [1.54, 1.807) is 6.07 Å². The monoisotopic (exact) mass is 336 g/mol. The summed E-state index contributed by atoms with van der Waals surface area (Å²) in [6.07, 6.45) is 2.68. The van der Waals surface area contributed by atoms with Gasteiger partial charge in [-0.2, -0.15) is 15.8 Å². The Balaban J connectivity index is 2.20. The molecular formula is C22H16N4. The fraction of sp³-hybridized carbons (Fsp3) is 0.136. The topological polar surface area (TPSA) is 76.3 Å². The van der Waals surface area contributed by atoms with Crippen molar-refractivity contribution in [2.75, 3.05) is 0 Å². The van der Waals surface area contributed by atoms with Crippen molar-refractivity contribution < 1.29 is 0 Å². The number of hydrogen-bond acceptors (Lipinski definition) is 3. The van der Waals surface area contributed by atoms with Crippen LogP contribution in [0.3, 0.4) is 0 Å². The van der Waals surface area contributed by atoms with E-state index in [1.807, 2.05) is 55.7 Å². The molecule has 26 heavy (non-hydrogen) atoms. The lowest BCUT2D eigenvalue weighted by atomic mass is 9.83. The number of aryl methyl sites for hydroxylation is 1. The Kier molecular flexibility index (Phi) is 4.84. The Morgan fingerprint density at radius 1 is 0.846 bits per heavy atom.